The Bertz CT molecular complexity index is 301. The van der Waals surface area contributed by atoms with Crippen LogP contribution in [0.15, 0.2) is 17.5 Å². The van der Waals surface area contributed by atoms with Crippen LogP contribution in [0, 0.1) is 0 Å². The molecule has 0 atom stereocenters. The first-order valence-corrected chi connectivity index (χ1v) is 6.26. The maximum absolute atomic E-state index is 11.6. The van der Waals surface area contributed by atoms with E-state index in [1.165, 1.54) is 0 Å². The van der Waals surface area contributed by atoms with Crippen LogP contribution in [0.2, 0.25) is 0 Å². The lowest BCUT2D eigenvalue weighted by Crippen LogP contribution is -2.38. The fourth-order valence-corrected chi connectivity index (χ4v) is 1.99. The van der Waals surface area contributed by atoms with Crippen molar-refractivity contribution in [3.63, 3.8) is 0 Å². The van der Waals surface area contributed by atoms with Crippen LogP contribution in [0.25, 0.3) is 0 Å². The van der Waals surface area contributed by atoms with Crippen LogP contribution in [0.5, 0.6) is 0 Å². The zero-order valence-electron chi connectivity index (χ0n) is 9.48. The number of carbonyl (C=O) groups is 1. The van der Waals surface area contributed by atoms with E-state index in [0.717, 1.165) is 11.4 Å². The van der Waals surface area contributed by atoms with Gasteiger partial charge in [0.1, 0.15) is 0 Å². The standard InChI is InChI=1S/C11H18N2O2S/c1-2-13(5-6-14)9-11(15)12-8-10-4-3-7-16-10/h3-4,7,14H,2,5-6,8-9H2,1H3,(H,12,15). The summed E-state index contributed by atoms with van der Waals surface area (Å²) >= 11 is 1.63. The van der Waals surface area contributed by atoms with Gasteiger partial charge in [-0.25, -0.2) is 0 Å². The van der Waals surface area contributed by atoms with Crippen molar-refractivity contribution in [3.05, 3.63) is 22.4 Å². The minimum Gasteiger partial charge on any atom is -0.395 e. The molecule has 1 aromatic rings. The Morgan fingerprint density at radius 3 is 3.00 bits per heavy atom. The van der Waals surface area contributed by atoms with E-state index in [-0.39, 0.29) is 12.5 Å². The largest absolute Gasteiger partial charge is 0.395 e. The van der Waals surface area contributed by atoms with Crippen molar-refractivity contribution >= 4 is 17.2 Å². The predicted molar refractivity (Wildman–Crippen MR) is 65.4 cm³/mol. The minimum absolute atomic E-state index is 0.00343. The maximum atomic E-state index is 11.6. The van der Waals surface area contributed by atoms with Gasteiger partial charge < -0.3 is 10.4 Å². The second kappa shape index (κ2) is 7.38. The van der Waals surface area contributed by atoms with E-state index in [2.05, 4.69) is 5.32 Å². The smallest absolute Gasteiger partial charge is 0.234 e. The number of rotatable bonds is 7. The zero-order chi connectivity index (χ0) is 11.8. The Morgan fingerprint density at radius 1 is 1.62 bits per heavy atom. The highest BCUT2D eigenvalue weighted by atomic mass is 32.1. The second-order valence-electron chi connectivity index (χ2n) is 3.45. The molecule has 0 aliphatic carbocycles. The Balaban J connectivity index is 2.24. The average molecular weight is 242 g/mol. The number of amides is 1. The molecule has 90 valence electrons. The summed E-state index contributed by atoms with van der Waals surface area (Å²) in [7, 11) is 0. The van der Waals surface area contributed by atoms with E-state index in [1.807, 2.05) is 29.3 Å². The van der Waals surface area contributed by atoms with Crippen LogP contribution in [-0.4, -0.2) is 42.2 Å². The molecule has 0 aliphatic heterocycles. The fourth-order valence-electron chi connectivity index (χ4n) is 1.35. The van der Waals surface area contributed by atoms with E-state index in [0.29, 0.717) is 19.6 Å². The van der Waals surface area contributed by atoms with E-state index in [9.17, 15) is 4.79 Å². The summed E-state index contributed by atoms with van der Waals surface area (Å²) in [4.78, 5) is 14.6. The lowest BCUT2D eigenvalue weighted by Gasteiger charge is -2.18. The molecule has 0 aliphatic rings. The molecule has 0 saturated heterocycles. The topological polar surface area (TPSA) is 52.6 Å². The number of aliphatic hydroxyl groups excluding tert-OH is 1. The molecule has 4 nitrogen and oxygen atoms in total. The summed E-state index contributed by atoms with van der Waals surface area (Å²) in [6.45, 7) is 4.32. The molecule has 1 amide bonds. The van der Waals surface area contributed by atoms with Gasteiger partial charge in [-0.05, 0) is 18.0 Å². The molecule has 0 unspecified atom stereocenters. The number of thiophene rings is 1. The van der Waals surface area contributed by atoms with E-state index in [1.54, 1.807) is 11.3 Å². The van der Waals surface area contributed by atoms with Gasteiger partial charge in [-0.2, -0.15) is 0 Å². The lowest BCUT2D eigenvalue weighted by molar-refractivity contribution is -0.122. The number of carbonyl (C=O) groups excluding carboxylic acids is 1. The first-order chi connectivity index (χ1) is 7.76. The third-order valence-corrected chi connectivity index (χ3v) is 3.15. The molecule has 0 aromatic carbocycles. The third kappa shape index (κ3) is 4.74. The van der Waals surface area contributed by atoms with Gasteiger partial charge in [0.25, 0.3) is 0 Å². The van der Waals surface area contributed by atoms with Crippen molar-refractivity contribution in [1.82, 2.24) is 10.2 Å². The molecular formula is C11H18N2O2S. The Hall–Kier alpha value is -0.910. The molecule has 1 aromatic heterocycles. The Morgan fingerprint density at radius 2 is 2.44 bits per heavy atom. The maximum Gasteiger partial charge on any atom is 0.234 e. The summed E-state index contributed by atoms with van der Waals surface area (Å²) in [5.41, 5.74) is 0. The number of likely N-dealkylation sites (N-methyl/N-ethyl adjacent to an activating group) is 1. The summed E-state index contributed by atoms with van der Waals surface area (Å²) < 4.78 is 0. The third-order valence-electron chi connectivity index (χ3n) is 2.27. The van der Waals surface area contributed by atoms with Crippen LogP contribution in [0.3, 0.4) is 0 Å². The van der Waals surface area contributed by atoms with Gasteiger partial charge in [-0.15, -0.1) is 11.3 Å². The first kappa shape index (κ1) is 13.2. The molecule has 16 heavy (non-hydrogen) atoms. The second-order valence-corrected chi connectivity index (χ2v) is 4.48. The summed E-state index contributed by atoms with van der Waals surface area (Å²) in [5.74, 6) is 0.00343. The highest BCUT2D eigenvalue weighted by Gasteiger charge is 2.07. The fraction of sp³-hybridized carbons (Fsp3) is 0.545. The number of nitrogens with one attached hydrogen (secondary N) is 1. The summed E-state index contributed by atoms with van der Waals surface area (Å²) in [5, 5.41) is 13.6. The monoisotopic (exact) mass is 242 g/mol. The van der Waals surface area contributed by atoms with Gasteiger partial charge in [0.05, 0.1) is 19.7 Å². The zero-order valence-corrected chi connectivity index (χ0v) is 10.3. The number of nitrogens with zero attached hydrogens (tertiary/aromatic N) is 1. The molecule has 0 fully saturated rings. The molecule has 5 heteroatoms. The van der Waals surface area contributed by atoms with Crippen LogP contribution in [0.4, 0.5) is 0 Å². The van der Waals surface area contributed by atoms with Crippen LogP contribution < -0.4 is 5.32 Å². The molecule has 0 bridgehead atoms. The van der Waals surface area contributed by atoms with Crippen molar-refractivity contribution in [2.45, 2.75) is 13.5 Å². The van der Waals surface area contributed by atoms with E-state index < -0.39 is 0 Å². The van der Waals surface area contributed by atoms with E-state index >= 15 is 0 Å². The molecule has 1 heterocycles. The Labute approximate surface area is 99.9 Å². The van der Waals surface area contributed by atoms with Crippen molar-refractivity contribution in [3.8, 4) is 0 Å². The molecule has 2 N–H and O–H groups in total. The summed E-state index contributed by atoms with van der Waals surface area (Å²) in [6.07, 6.45) is 0. The van der Waals surface area contributed by atoms with Gasteiger partial charge in [0, 0.05) is 11.4 Å². The number of hydrogen-bond acceptors (Lipinski definition) is 4. The van der Waals surface area contributed by atoms with Crippen molar-refractivity contribution < 1.29 is 9.90 Å². The molecule has 1 rings (SSSR count). The first-order valence-electron chi connectivity index (χ1n) is 5.38. The van der Waals surface area contributed by atoms with Crippen molar-refractivity contribution in [2.24, 2.45) is 0 Å². The molecular weight excluding hydrogens is 224 g/mol. The molecule has 0 spiro atoms. The van der Waals surface area contributed by atoms with Gasteiger partial charge in [-0.1, -0.05) is 13.0 Å². The highest BCUT2D eigenvalue weighted by molar-refractivity contribution is 7.09. The minimum atomic E-state index is 0.00343. The average Bonchev–Trinajstić information content (AvgIpc) is 2.78. The lowest BCUT2D eigenvalue weighted by atomic mass is 10.4. The van der Waals surface area contributed by atoms with Crippen LogP contribution in [-0.2, 0) is 11.3 Å². The molecule has 0 radical (unpaired) electrons. The van der Waals surface area contributed by atoms with Crippen LogP contribution in [0.1, 0.15) is 11.8 Å². The molecule has 0 saturated carbocycles. The normalized spacial score (nSPS) is 10.7. The van der Waals surface area contributed by atoms with Crippen LogP contribution >= 0.6 is 11.3 Å². The predicted octanol–water partition coefficient (Wildman–Crippen LogP) is 0.679. The van der Waals surface area contributed by atoms with Gasteiger partial charge in [-0.3, -0.25) is 9.69 Å². The number of hydrogen-bond donors (Lipinski definition) is 2. The number of aliphatic hydroxyl groups is 1. The highest BCUT2D eigenvalue weighted by Crippen LogP contribution is 2.07. The SMILES string of the molecule is CCN(CCO)CC(=O)NCc1cccs1. The Kier molecular flexibility index (Phi) is 6.07. The summed E-state index contributed by atoms with van der Waals surface area (Å²) in [6, 6.07) is 3.96. The van der Waals surface area contributed by atoms with E-state index in [4.69, 9.17) is 5.11 Å². The van der Waals surface area contributed by atoms with Crippen molar-refractivity contribution in [2.75, 3.05) is 26.2 Å². The van der Waals surface area contributed by atoms with Crippen molar-refractivity contribution in [1.29, 1.82) is 0 Å². The van der Waals surface area contributed by atoms with Gasteiger partial charge in [0.2, 0.25) is 5.91 Å². The van der Waals surface area contributed by atoms with Gasteiger partial charge >= 0.3 is 0 Å². The van der Waals surface area contributed by atoms with Gasteiger partial charge in [0.15, 0.2) is 0 Å². The quantitative estimate of drug-likeness (QED) is 0.739.